The molecule has 1 aromatic heterocycles. The molecule has 1 amide bonds. The number of nitrogens with zero attached hydrogens (tertiary/aromatic N) is 1. The van der Waals surface area contributed by atoms with E-state index in [1.54, 1.807) is 18.3 Å². The molecule has 0 radical (unpaired) electrons. The first-order chi connectivity index (χ1) is 9.86. The Morgan fingerprint density at radius 1 is 1.38 bits per heavy atom. The maximum atomic E-state index is 12.1. The summed E-state index contributed by atoms with van der Waals surface area (Å²) in [6, 6.07) is 3.89. The van der Waals surface area contributed by atoms with Gasteiger partial charge in [-0.05, 0) is 39.1 Å². The van der Waals surface area contributed by atoms with E-state index in [9.17, 15) is 9.59 Å². The zero-order valence-electron chi connectivity index (χ0n) is 12.9. The van der Waals surface area contributed by atoms with Crippen molar-refractivity contribution in [2.45, 2.75) is 39.7 Å². The molecule has 5 heteroatoms. The molecule has 0 atom stereocenters. The van der Waals surface area contributed by atoms with Crippen molar-refractivity contribution in [2.75, 3.05) is 13.2 Å². The highest BCUT2D eigenvalue weighted by atomic mass is 32.1. The van der Waals surface area contributed by atoms with Gasteiger partial charge in [-0.1, -0.05) is 17.9 Å². The molecule has 0 aliphatic carbocycles. The Morgan fingerprint density at radius 3 is 2.62 bits per heavy atom. The van der Waals surface area contributed by atoms with E-state index in [-0.39, 0.29) is 6.61 Å². The van der Waals surface area contributed by atoms with Crippen molar-refractivity contribution in [3.05, 3.63) is 22.4 Å². The summed E-state index contributed by atoms with van der Waals surface area (Å²) in [5.74, 6) is 4.65. The second-order valence-electron chi connectivity index (χ2n) is 5.38. The zero-order chi connectivity index (χ0) is 15.9. The number of rotatable bonds is 3. The Kier molecular flexibility index (Phi) is 6.44. The molecule has 0 spiro atoms. The smallest absolute Gasteiger partial charge is 0.397 e. The third-order valence-corrected chi connectivity index (χ3v) is 3.48. The Bertz CT molecular complexity index is 532. The minimum absolute atomic E-state index is 0.195. The molecule has 0 saturated heterocycles. The molecule has 4 nitrogen and oxygen atoms in total. The molecule has 0 fully saturated rings. The third kappa shape index (κ3) is 5.60. The van der Waals surface area contributed by atoms with Crippen LogP contribution in [0.15, 0.2) is 17.5 Å². The first kappa shape index (κ1) is 17.3. The molecule has 0 aliphatic heterocycles. The van der Waals surface area contributed by atoms with E-state index in [0.29, 0.717) is 13.0 Å². The molecule has 0 bridgehead atoms. The second-order valence-corrected chi connectivity index (χ2v) is 6.32. The highest BCUT2D eigenvalue weighted by Crippen LogP contribution is 2.14. The summed E-state index contributed by atoms with van der Waals surface area (Å²) >= 11 is 1.58. The van der Waals surface area contributed by atoms with Crippen LogP contribution in [0, 0.1) is 11.8 Å². The summed E-state index contributed by atoms with van der Waals surface area (Å²) in [6.45, 7) is 7.93. The van der Waals surface area contributed by atoms with Gasteiger partial charge >= 0.3 is 11.9 Å². The van der Waals surface area contributed by atoms with Gasteiger partial charge in [-0.25, -0.2) is 4.79 Å². The molecule has 21 heavy (non-hydrogen) atoms. The number of hydrogen-bond donors (Lipinski definition) is 0. The second kappa shape index (κ2) is 7.84. The number of carbonyl (C=O) groups is 2. The third-order valence-electron chi connectivity index (χ3n) is 2.70. The minimum atomic E-state index is -0.807. The Labute approximate surface area is 130 Å². The van der Waals surface area contributed by atoms with Gasteiger partial charge in [-0.2, -0.15) is 0 Å². The Balaban J connectivity index is 2.67. The SMILES string of the molecule is CCOC(=O)C(=O)N(CCC#Cc1cccs1)C(C)(C)C. The van der Waals surface area contributed by atoms with E-state index in [1.165, 1.54) is 4.90 Å². The molecule has 0 saturated carbocycles. The van der Waals surface area contributed by atoms with Crippen LogP contribution in [0.3, 0.4) is 0 Å². The minimum Gasteiger partial charge on any atom is -0.459 e. The van der Waals surface area contributed by atoms with E-state index in [0.717, 1.165) is 4.88 Å². The number of ether oxygens (including phenoxy) is 1. The maximum Gasteiger partial charge on any atom is 0.397 e. The lowest BCUT2D eigenvalue weighted by Crippen LogP contribution is -2.49. The van der Waals surface area contributed by atoms with Crippen LogP contribution in [0.2, 0.25) is 0 Å². The van der Waals surface area contributed by atoms with Crippen LogP contribution in [0.1, 0.15) is 39.0 Å². The summed E-state index contributed by atoms with van der Waals surface area (Å²) < 4.78 is 4.78. The van der Waals surface area contributed by atoms with Crippen LogP contribution in [-0.4, -0.2) is 35.5 Å². The monoisotopic (exact) mass is 307 g/mol. The first-order valence-corrected chi connectivity index (χ1v) is 7.75. The topological polar surface area (TPSA) is 46.6 Å². The summed E-state index contributed by atoms with van der Waals surface area (Å²) in [4.78, 5) is 26.2. The van der Waals surface area contributed by atoms with Gasteiger partial charge in [0.2, 0.25) is 0 Å². The van der Waals surface area contributed by atoms with Crippen LogP contribution in [-0.2, 0) is 14.3 Å². The van der Waals surface area contributed by atoms with Crippen molar-refractivity contribution >= 4 is 23.2 Å². The Morgan fingerprint density at radius 2 is 2.10 bits per heavy atom. The molecule has 1 aromatic rings. The summed E-state index contributed by atoms with van der Waals surface area (Å²) in [5.41, 5.74) is -0.450. The molecule has 1 heterocycles. The lowest BCUT2D eigenvalue weighted by Gasteiger charge is -2.34. The lowest BCUT2D eigenvalue weighted by molar-refractivity contribution is -0.162. The molecule has 0 aromatic carbocycles. The van der Waals surface area contributed by atoms with Gasteiger partial charge in [-0.3, -0.25) is 4.79 Å². The van der Waals surface area contributed by atoms with E-state index in [4.69, 9.17) is 4.74 Å². The van der Waals surface area contributed by atoms with Gasteiger partial charge in [0.15, 0.2) is 0 Å². The predicted octanol–water partition coefficient (Wildman–Crippen LogP) is 2.68. The fourth-order valence-electron chi connectivity index (χ4n) is 1.71. The number of carbonyl (C=O) groups excluding carboxylic acids is 2. The van der Waals surface area contributed by atoms with E-state index < -0.39 is 17.4 Å². The molecule has 114 valence electrons. The first-order valence-electron chi connectivity index (χ1n) is 6.87. The van der Waals surface area contributed by atoms with Gasteiger partial charge in [-0.15, -0.1) is 11.3 Å². The number of thiophene rings is 1. The van der Waals surface area contributed by atoms with Gasteiger partial charge in [0.05, 0.1) is 11.5 Å². The highest BCUT2D eigenvalue weighted by Gasteiger charge is 2.31. The van der Waals surface area contributed by atoms with Crippen molar-refractivity contribution in [3.63, 3.8) is 0 Å². The van der Waals surface area contributed by atoms with E-state index in [2.05, 4.69) is 11.8 Å². The van der Waals surface area contributed by atoms with Crippen molar-refractivity contribution < 1.29 is 14.3 Å². The fourth-order valence-corrected chi connectivity index (χ4v) is 2.30. The van der Waals surface area contributed by atoms with E-state index in [1.807, 2.05) is 38.3 Å². The predicted molar refractivity (Wildman–Crippen MR) is 83.9 cm³/mol. The fraction of sp³-hybridized carbons (Fsp3) is 0.500. The molecular formula is C16H21NO3S. The zero-order valence-corrected chi connectivity index (χ0v) is 13.8. The van der Waals surface area contributed by atoms with Crippen molar-refractivity contribution in [2.24, 2.45) is 0 Å². The van der Waals surface area contributed by atoms with Gasteiger partial charge < -0.3 is 9.64 Å². The largest absolute Gasteiger partial charge is 0.459 e. The van der Waals surface area contributed by atoms with Gasteiger partial charge in [0.1, 0.15) is 0 Å². The molecule has 0 unspecified atom stereocenters. The van der Waals surface area contributed by atoms with Crippen LogP contribution >= 0.6 is 11.3 Å². The van der Waals surface area contributed by atoms with Crippen LogP contribution in [0.25, 0.3) is 0 Å². The summed E-state index contributed by atoms with van der Waals surface area (Å²) in [5, 5.41) is 1.97. The van der Waals surface area contributed by atoms with Gasteiger partial charge in [0.25, 0.3) is 0 Å². The number of hydrogen-bond acceptors (Lipinski definition) is 4. The van der Waals surface area contributed by atoms with E-state index >= 15 is 0 Å². The van der Waals surface area contributed by atoms with Crippen LogP contribution in [0.5, 0.6) is 0 Å². The lowest BCUT2D eigenvalue weighted by atomic mass is 10.1. The van der Waals surface area contributed by atoms with Crippen LogP contribution in [0.4, 0.5) is 0 Å². The summed E-state index contributed by atoms with van der Waals surface area (Å²) in [6.07, 6.45) is 0.514. The van der Waals surface area contributed by atoms with Crippen LogP contribution < -0.4 is 0 Å². The molecular weight excluding hydrogens is 286 g/mol. The number of amides is 1. The Hall–Kier alpha value is -1.80. The molecule has 0 aliphatic rings. The van der Waals surface area contributed by atoms with Crippen molar-refractivity contribution in [1.29, 1.82) is 0 Å². The van der Waals surface area contributed by atoms with Gasteiger partial charge in [0, 0.05) is 18.5 Å². The number of esters is 1. The standard InChI is InChI=1S/C16H21NO3S/c1-5-20-15(19)14(18)17(16(2,3)4)11-7-6-9-13-10-8-12-21-13/h8,10,12H,5,7,11H2,1-4H3. The highest BCUT2D eigenvalue weighted by molar-refractivity contribution is 7.10. The summed E-state index contributed by atoms with van der Waals surface area (Å²) in [7, 11) is 0. The quantitative estimate of drug-likeness (QED) is 0.490. The molecule has 1 rings (SSSR count). The van der Waals surface area contributed by atoms with Crippen molar-refractivity contribution in [1.82, 2.24) is 4.90 Å². The maximum absolute atomic E-state index is 12.1. The average molecular weight is 307 g/mol. The normalized spacial score (nSPS) is 10.5. The average Bonchev–Trinajstić information content (AvgIpc) is 2.90. The molecule has 0 N–H and O–H groups in total. The van der Waals surface area contributed by atoms with Crippen molar-refractivity contribution in [3.8, 4) is 11.8 Å².